The maximum Gasteiger partial charge on any atom is 0.230 e. The van der Waals surface area contributed by atoms with Crippen LogP contribution in [0.15, 0.2) is 18.3 Å². The Bertz CT molecular complexity index is 716. The number of hydrogen-bond acceptors (Lipinski definition) is 4. The summed E-state index contributed by atoms with van der Waals surface area (Å²) in [4.78, 5) is 45.5. The lowest BCUT2D eigenvalue weighted by Gasteiger charge is -2.32. The highest BCUT2D eigenvalue weighted by Crippen LogP contribution is 2.20. The molecule has 30 heavy (non-hydrogen) atoms. The second-order valence-electron chi connectivity index (χ2n) is 8.07. The summed E-state index contributed by atoms with van der Waals surface area (Å²) < 4.78 is 0. The molecule has 7 nitrogen and oxygen atoms in total. The second-order valence-corrected chi connectivity index (χ2v) is 8.07. The molecule has 1 aliphatic heterocycles. The molecule has 2 heterocycles. The fraction of sp³-hybridized carbons (Fsp3) is 0.652. The highest BCUT2D eigenvalue weighted by Gasteiger charge is 2.28. The van der Waals surface area contributed by atoms with Gasteiger partial charge in [-0.05, 0) is 50.7 Å². The number of rotatable bonds is 10. The van der Waals surface area contributed by atoms with Crippen LogP contribution in [-0.2, 0) is 14.4 Å². The standard InChI is InChI=1S/C23H36N4O3/c1-4-14-26(15-5-2)20(28)11-6-12-21(29)27-16-8-10-19(17-27)23(30)25-22-18(3)9-7-13-24-22/h7,9,13,19H,4-6,8,10-12,14-17H2,1-3H3,(H,24,25,30). The Morgan fingerprint density at radius 1 is 1.20 bits per heavy atom. The molecule has 0 spiro atoms. The van der Waals surface area contributed by atoms with Gasteiger partial charge in [0, 0.05) is 45.2 Å². The Balaban J connectivity index is 1.80. The molecule has 1 saturated heterocycles. The molecule has 1 fully saturated rings. The quantitative estimate of drug-likeness (QED) is 0.634. The van der Waals surface area contributed by atoms with E-state index in [1.807, 2.05) is 24.0 Å². The fourth-order valence-corrected chi connectivity index (χ4v) is 3.86. The van der Waals surface area contributed by atoms with E-state index in [1.54, 1.807) is 11.1 Å². The average Bonchev–Trinajstić information content (AvgIpc) is 2.75. The predicted molar refractivity (Wildman–Crippen MR) is 118 cm³/mol. The van der Waals surface area contributed by atoms with Crippen LogP contribution in [-0.4, -0.2) is 58.7 Å². The number of aryl methyl sites for hydroxylation is 1. The largest absolute Gasteiger partial charge is 0.343 e. The van der Waals surface area contributed by atoms with Crippen molar-refractivity contribution in [3.05, 3.63) is 23.9 Å². The number of piperidine rings is 1. The van der Waals surface area contributed by atoms with E-state index in [-0.39, 0.29) is 23.6 Å². The summed E-state index contributed by atoms with van der Waals surface area (Å²) in [6.45, 7) is 8.70. The van der Waals surface area contributed by atoms with E-state index in [2.05, 4.69) is 24.1 Å². The van der Waals surface area contributed by atoms with Gasteiger partial charge in [0.15, 0.2) is 0 Å². The van der Waals surface area contributed by atoms with Crippen molar-refractivity contribution in [1.29, 1.82) is 0 Å². The normalized spacial score (nSPS) is 16.2. The highest BCUT2D eigenvalue weighted by molar-refractivity contribution is 5.93. The number of aromatic nitrogens is 1. The van der Waals surface area contributed by atoms with E-state index < -0.39 is 0 Å². The van der Waals surface area contributed by atoms with Gasteiger partial charge in [0.05, 0.1) is 5.92 Å². The van der Waals surface area contributed by atoms with Crippen molar-refractivity contribution >= 4 is 23.5 Å². The molecule has 0 bridgehead atoms. The first-order chi connectivity index (χ1) is 14.5. The molecular formula is C23H36N4O3. The molecular weight excluding hydrogens is 380 g/mol. The molecule has 3 amide bonds. The molecule has 1 atom stereocenters. The molecule has 1 aliphatic rings. The van der Waals surface area contributed by atoms with Crippen molar-refractivity contribution in [3.8, 4) is 0 Å². The Morgan fingerprint density at radius 3 is 2.60 bits per heavy atom. The van der Waals surface area contributed by atoms with Crippen LogP contribution in [0.2, 0.25) is 0 Å². The third-order valence-electron chi connectivity index (χ3n) is 5.52. The minimum absolute atomic E-state index is 0.0341. The lowest BCUT2D eigenvalue weighted by atomic mass is 9.96. The fourth-order valence-electron chi connectivity index (χ4n) is 3.86. The number of anilines is 1. The van der Waals surface area contributed by atoms with Crippen LogP contribution in [0.25, 0.3) is 0 Å². The first-order valence-corrected chi connectivity index (χ1v) is 11.2. The van der Waals surface area contributed by atoms with Gasteiger partial charge in [-0.2, -0.15) is 0 Å². The first kappa shape index (κ1) is 23.8. The van der Waals surface area contributed by atoms with Crippen molar-refractivity contribution in [2.45, 2.75) is 65.7 Å². The van der Waals surface area contributed by atoms with Crippen LogP contribution in [0, 0.1) is 12.8 Å². The molecule has 0 aromatic carbocycles. The van der Waals surface area contributed by atoms with Crippen molar-refractivity contribution < 1.29 is 14.4 Å². The van der Waals surface area contributed by atoms with Gasteiger partial charge < -0.3 is 15.1 Å². The number of likely N-dealkylation sites (tertiary alicyclic amines) is 1. The highest BCUT2D eigenvalue weighted by atomic mass is 16.2. The van der Waals surface area contributed by atoms with Gasteiger partial charge in [0.2, 0.25) is 17.7 Å². The molecule has 7 heteroatoms. The van der Waals surface area contributed by atoms with Gasteiger partial charge in [-0.3, -0.25) is 14.4 Å². The predicted octanol–water partition coefficient (Wildman–Crippen LogP) is 3.39. The number of pyridine rings is 1. The maximum atomic E-state index is 12.7. The molecule has 1 aromatic heterocycles. The molecule has 0 saturated carbocycles. The van der Waals surface area contributed by atoms with Crippen LogP contribution < -0.4 is 5.32 Å². The average molecular weight is 417 g/mol. The van der Waals surface area contributed by atoms with Gasteiger partial charge >= 0.3 is 0 Å². The Morgan fingerprint density at radius 2 is 1.93 bits per heavy atom. The smallest absolute Gasteiger partial charge is 0.230 e. The number of hydrogen-bond donors (Lipinski definition) is 1. The summed E-state index contributed by atoms with van der Waals surface area (Å²) in [6.07, 6.45) is 6.44. The molecule has 1 aromatic rings. The molecule has 0 aliphatic carbocycles. The second kappa shape index (κ2) is 12.3. The van der Waals surface area contributed by atoms with Gasteiger partial charge in [-0.1, -0.05) is 19.9 Å². The number of carbonyl (C=O) groups is 3. The lowest BCUT2D eigenvalue weighted by molar-refractivity contribution is -0.135. The summed E-state index contributed by atoms with van der Waals surface area (Å²) in [6, 6.07) is 3.74. The third kappa shape index (κ3) is 7.11. The summed E-state index contributed by atoms with van der Waals surface area (Å²) >= 11 is 0. The topological polar surface area (TPSA) is 82.6 Å². The van der Waals surface area contributed by atoms with Crippen molar-refractivity contribution in [1.82, 2.24) is 14.8 Å². The summed E-state index contributed by atoms with van der Waals surface area (Å²) in [7, 11) is 0. The Hall–Kier alpha value is -2.44. The summed E-state index contributed by atoms with van der Waals surface area (Å²) in [5, 5.41) is 2.90. The zero-order chi connectivity index (χ0) is 21.9. The van der Waals surface area contributed by atoms with Crippen LogP contribution in [0.4, 0.5) is 5.82 Å². The molecule has 1 N–H and O–H groups in total. The Labute approximate surface area is 180 Å². The molecule has 2 rings (SSSR count). The van der Waals surface area contributed by atoms with Crippen LogP contribution >= 0.6 is 0 Å². The third-order valence-corrected chi connectivity index (χ3v) is 5.52. The zero-order valence-electron chi connectivity index (χ0n) is 18.7. The van der Waals surface area contributed by atoms with Crippen LogP contribution in [0.5, 0.6) is 0 Å². The molecule has 0 radical (unpaired) electrons. The van der Waals surface area contributed by atoms with E-state index >= 15 is 0 Å². The van der Waals surface area contributed by atoms with E-state index in [4.69, 9.17) is 0 Å². The number of amides is 3. The molecule has 166 valence electrons. The van der Waals surface area contributed by atoms with Gasteiger partial charge in [0.25, 0.3) is 0 Å². The van der Waals surface area contributed by atoms with E-state index in [0.29, 0.717) is 38.2 Å². The zero-order valence-corrected chi connectivity index (χ0v) is 18.7. The monoisotopic (exact) mass is 416 g/mol. The van der Waals surface area contributed by atoms with E-state index in [9.17, 15) is 14.4 Å². The minimum atomic E-state index is -0.227. The lowest BCUT2D eigenvalue weighted by Crippen LogP contribution is -2.43. The van der Waals surface area contributed by atoms with Crippen molar-refractivity contribution in [2.24, 2.45) is 5.92 Å². The minimum Gasteiger partial charge on any atom is -0.343 e. The number of nitrogens with zero attached hydrogens (tertiary/aromatic N) is 3. The first-order valence-electron chi connectivity index (χ1n) is 11.2. The maximum absolute atomic E-state index is 12.7. The SMILES string of the molecule is CCCN(CCC)C(=O)CCCC(=O)N1CCCC(C(=O)Nc2ncccc2C)C1. The summed E-state index contributed by atoms with van der Waals surface area (Å²) in [5.74, 6) is 0.433. The van der Waals surface area contributed by atoms with E-state index in [1.165, 1.54) is 0 Å². The summed E-state index contributed by atoms with van der Waals surface area (Å²) in [5.41, 5.74) is 0.916. The number of carbonyl (C=O) groups excluding carboxylic acids is 3. The number of nitrogens with one attached hydrogen (secondary N) is 1. The van der Waals surface area contributed by atoms with Crippen LogP contribution in [0.1, 0.15) is 64.4 Å². The van der Waals surface area contributed by atoms with Gasteiger partial charge in [-0.15, -0.1) is 0 Å². The van der Waals surface area contributed by atoms with E-state index in [0.717, 1.165) is 44.3 Å². The van der Waals surface area contributed by atoms with Gasteiger partial charge in [0.1, 0.15) is 5.82 Å². The van der Waals surface area contributed by atoms with Crippen molar-refractivity contribution in [3.63, 3.8) is 0 Å². The van der Waals surface area contributed by atoms with Gasteiger partial charge in [-0.25, -0.2) is 4.98 Å². The van der Waals surface area contributed by atoms with Crippen molar-refractivity contribution in [2.75, 3.05) is 31.5 Å². The molecule has 1 unspecified atom stereocenters. The van der Waals surface area contributed by atoms with Crippen LogP contribution in [0.3, 0.4) is 0 Å². The Kier molecular flexibility index (Phi) is 9.77.